The Morgan fingerprint density at radius 2 is 2.00 bits per heavy atom. The van der Waals surface area contributed by atoms with Gasteiger partial charge in [-0.3, -0.25) is 9.88 Å². The number of hydrogen-bond acceptors (Lipinski definition) is 4. The third-order valence-electron chi connectivity index (χ3n) is 3.73. The highest BCUT2D eigenvalue weighted by Gasteiger charge is 2.23. The molecular weight excluding hydrogens is 238 g/mol. The molecule has 0 bridgehead atoms. The Morgan fingerprint density at radius 1 is 1.21 bits per heavy atom. The fourth-order valence-corrected chi connectivity index (χ4v) is 2.76. The predicted octanol–water partition coefficient (Wildman–Crippen LogP) is 1.57. The first-order valence-corrected chi connectivity index (χ1v) is 6.75. The van der Waals surface area contributed by atoms with Crippen LogP contribution < -0.4 is 5.73 Å². The summed E-state index contributed by atoms with van der Waals surface area (Å²) in [6.45, 7) is 4.05. The molecule has 0 spiro atoms. The van der Waals surface area contributed by atoms with Crippen molar-refractivity contribution in [1.29, 1.82) is 0 Å². The molecule has 0 radical (unpaired) electrons. The predicted molar refractivity (Wildman–Crippen MR) is 75.9 cm³/mol. The molecule has 2 aromatic rings. The van der Waals surface area contributed by atoms with Gasteiger partial charge in [0.1, 0.15) is 0 Å². The number of ether oxygens (including phenoxy) is 1. The van der Waals surface area contributed by atoms with E-state index in [0.717, 1.165) is 31.8 Å². The van der Waals surface area contributed by atoms with Crippen molar-refractivity contribution in [2.45, 2.75) is 6.04 Å². The summed E-state index contributed by atoms with van der Waals surface area (Å²) in [5.41, 5.74) is 8.30. The van der Waals surface area contributed by atoms with Crippen molar-refractivity contribution in [2.24, 2.45) is 5.73 Å². The average Bonchev–Trinajstić information content (AvgIpc) is 2.49. The maximum absolute atomic E-state index is 6.02. The lowest BCUT2D eigenvalue weighted by Crippen LogP contribution is -2.41. The fraction of sp³-hybridized carbons (Fsp3) is 0.400. The number of pyridine rings is 1. The van der Waals surface area contributed by atoms with Crippen LogP contribution in [0.4, 0.5) is 0 Å². The van der Waals surface area contributed by atoms with Gasteiger partial charge in [0, 0.05) is 37.3 Å². The molecule has 1 aromatic carbocycles. The lowest BCUT2D eigenvalue weighted by atomic mass is 10.0. The normalized spacial score (nSPS) is 18.6. The van der Waals surface area contributed by atoms with Crippen LogP contribution in [0.2, 0.25) is 0 Å². The summed E-state index contributed by atoms with van der Waals surface area (Å²) in [5, 5.41) is 1.17. The molecule has 2 heterocycles. The molecule has 1 atom stereocenters. The number of fused-ring (bicyclic) bond motifs is 1. The summed E-state index contributed by atoms with van der Waals surface area (Å²) in [5.74, 6) is 0. The molecule has 0 aliphatic carbocycles. The van der Waals surface area contributed by atoms with Gasteiger partial charge in [0.25, 0.3) is 0 Å². The van der Waals surface area contributed by atoms with Crippen molar-refractivity contribution < 1.29 is 4.74 Å². The molecule has 19 heavy (non-hydrogen) atoms. The van der Waals surface area contributed by atoms with Crippen LogP contribution in [0.1, 0.15) is 11.6 Å². The van der Waals surface area contributed by atoms with Gasteiger partial charge in [0.05, 0.1) is 18.7 Å². The lowest BCUT2D eigenvalue weighted by Gasteiger charge is -2.34. The highest BCUT2D eigenvalue weighted by Crippen LogP contribution is 2.26. The third kappa shape index (κ3) is 2.47. The summed E-state index contributed by atoms with van der Waals surface area (Å²) in [7, 11) is 0. The Kier molecular flexibility index (Phi) is 3.73. The standard InChI is InChI=1S/C15H19N3O/c16-11-14(18-7-9-19-10-8-18)13-5-1-3-12-4-2-6-17-15(12)13/h1-6,14H,7-11,16H2. The van der Waals surface area contributed by atoms with Crippen molar-refractivity contribution in [3.8, 4) is 0 Å². The summed E-state index contributed by atoms with van der Waals surface area (Å²) in [6.07, 6.45) is 1.85. The molecule has 1 fully saturated rings. The zero-order chi connectivity index (χ0) is 13.1. The molecule has 1 saturated heterocycles. The number of nitrogens with zero attached hydrogens (tertiary/aromatic N) is 2. The second kappa shape index (κ2) is 5.65. The maximum Gasteiger partial charge on any atom is 0.0750 e. The largest absolute Gasteiger partial charge is 0.379 e. The second-order valence-electron chi connectivity index (χ2n) is 4.82. The van der Waals surface area contributed by atoms with Crippen LogP contribution in [0.15, 0.2) is 36.5 Å². The van der Waals surface area contributed by atoms with E-state index in [1.54, 1.807) is 0 Å². The summed E-state index contributed by atoms with van der Waals surface area (Å²) >= 11 is 0. The van der Waals surface area contributed by atoms with E-state index in [1.807, 2.05) is 12.3 Å². The average molecular weight is 257 g/mol. The molecule has 1 aromatic heterocycles. The Hall–Kier alpha value is -1.49. The minimum absolute atomic E-state index is 0.225. The Bertz CT molecular complexity index is 547. The quantitative estimate of drug-likeness (QED) is 0.906. The number of nitrogens with two attached hydrogens (primary N) is 1. The Balaban J connectivity index is 2.00. The molecule has 1 aliphatic rings. The van der Waals surface area contributed by atoms with E-state index in [0.29, 0.717) is 6.54 Å². The first-order valence-electron chi connectivity index (χ1n) is 6.75. The van der Waals surface area contributed by atoms with E-state index in [1.165, 1.54) is 10.9 Å². The number of aromatic nitrogens is 1. The first-order chi connectivity index (χ1) is 9.40. The van der Waals surface area contributed by atoms with Gasteiger partial charge in [0.2, 0.25) is 0 Å². The van der Waals surface area contributed by atoms with Gasteiger partial charge in [-0.05, 0) is 11.6 Å². The number of para-hydroxylation sites is 1. The zero-order valence-corrected chi connectivity index (χ0v) is 11.0. The smallest absolute Gasteiger partial charge is 0.0750 e. The topological polar surface area (TPSA) is 51.4 Å². The zero-order valence-electron chi connectivity index (χ0n) is 11.0. The van der Waals surface area contributed by atoms with Crippen LogP contribution >= 0.6 is 0 Å². The van der Waals surface area contributed by atoms with Crippen molar-refractivity contribution in [1.82, 2.24) is 9.88 Å². The SMILES string of the molecule is NCC(c1cccc2cccnc12)N1CCOCC1. The van der Waals surface area contributed by atoms with E-state index < -0.39 is 0 Å². The van der Waals surface area contributed by atoms with Crippen LogP contribution in [0, 0.1) is 0 Å². The number of rotatable bonds is 3. The second-order valence-corrected chi connectivity index (χ2v) is 4.82. The third-order valence-corrected chi connectivity index (χ3v) is 3.73. The van der Waals surface area contributed by atoms with Crippen LogP contribution in [-0.4, -0.2) is 42.7 Å². The van der Waals surface area contributed by atoms with Crippen molar-refractivity contribution >= 4 is 10.9 Å². The van der Waals surface area contributed by atoms with E-state index in [-0.39, 0.29) is 6.04 Å². The van der Waals surface area contributed by atoms with E-state index in [9.17, 15) is 0 Å². The van der Waals surface area contributed by atoms with E-state index in [2.05, 4.69) is 34.1 Å². The molecular formula is C15H19N3O. The van der Waals surface area contributed by atoms with E-state index in [4.69, 9.17) is 10.5 Å². The van der Waals surface area contributed by atoms with Gasteiger partial charge in [-0.15, -0.1) is 0 Å². The van der Waals surface area contributed by atoms with Crippen molar-refractivity contribution in [3.05, 3.63) is 42.1 Å². The molecule has 4 nitrogen and oxygen atoms in total. The van der Waals surface area contributed by atoms with Gasteiger partial charge in [0.15, 0.2) is 0 Å². The van der Waals surface area contributed by atoms with Gasteiger partial charge in [-0.1, -0.05) is 24.3 Å². The van der Waals surface area contributed by atoms with Gasteiger partial charge in [-0.2, -0.15) is 0 Å². The highest BCUT2D eigenvalue weighted by molar-refractivity contribution is 5.82. The summed E-state index contributed by atoms with van der Waals surface area (Å²) in [4.78, 5) is 6.93. The molecule has 4 heteroatoms. The fourth-order valence-electron chi connectivity index (χ4n) is 2.76. The maximum atomic E-state index is 6.02. The molecule has 100 valence electrons. The molecule has 2 N–H and O–H groups in total. The van der Waals surface area contributed by atoms with Crippen LogP contribution in [0.3, 0.4) is 0 Å². The number of hydrogen-bond donors (Lipinski definition) is 1. The summed E-state index contributed by atoms with van der Waals surface area (Å²) in [6, 6.07) is 10.6. The van der Waals surface area contributed by atoms with Crippen LogP contribution in [0.25, 0.3) is 10.9 Å². The monoisotopic (exact) mass is 257 g/mol. The number of benzene rings is 1. The van der Waals surface area contributed by atoms with Crippen molar-refractivity contribution in [3.63, 3.8) is 0 Å². The molecule has 1 aliphatic heterocycles. The molecule has 0 amide bonds. The number of morpholine rings is 1. The highest BCUT2D eigenvalue weighted by atomic mass is 16.5. The molecule has 0 saturated carbocycles. The minimum Gasteiger partial charge on any atom is -0.379 e. The minimum atomic E-state index is 0.225. The summed E-state index contributed by atoms with van der Waals surface area (Å²) < 4.78 is 5.42. The Morgan fingerprint density at radius 3 is 2.79 bits per heavy atom. The molecule has 3 rings (SSSR count). The van der Waals surface area contributed by atoms with Crippen LogP contribution in [-0.2, 0) is 4.74 Å². The van der Waals surface area contributed by atoms with Gasteiger partial charge >= 0.3 is 0 Å². The lowest BCUT2D eigenvalue weighted by molar-refractivity contribution is 0.0181. The molecule has 1 unspecified atom stereocenters. The van der Waals surface area contributed by atoms with Gasteiger partial charge < -0.3 is 10.5 Å². The Labute approximate surface area is 113 Å². The van der Waals surface area contributed by atoms with Gasteiger partial charge in [-0.25, -0.2) is 0 Å². The van der Waals surface area contributed by atoms with E-state index >= 15 is 0 Å². The first kappa shape index (κ1) is 12.5. The van der Waals surface area contributed by atoms with Crippen molar-refractivity contribution in [2.75, 3.05) is 32.8 Å². The van der Waals surface area contributed by atoms with Crippen LogP contribution in [0.5, 0.6) is 0 Å².